The standard InChI is InChI=1S/C17H11Cl2N3O2/c18-13-7-3-1-5-11(13)9-10-15(23)20-17-22-21-16(24-17)12-6-2-4-8-14(12)19/h1-10H,(H,20,22,23)/b10-9+. The summed E-state index contributed by atoms with van der Waals surface area (Å²) in [6, 6.07) is 14.2. The summed E-state index contributed by atoms with van der Waals surface area (Å²) in [7, 11) is 0. The summed E-state index contributed by atoms with van der Waals surface area (Å²) in [6.07, 6.45) is 2.93. The lowest BCUT2D eigenvalue weighted by Crippen LogP contribution is -2.07. The first-order valence-corrected chi connectivity index (χ1v) is 7.71. The van der Waals surface area contributed by atoms with E-state index in [0.717, 1.165) is 5.56 Å². The Labute approximate surface area is 147 Å². The van der Waals surface area contributed by atoms with Crippen LogP contribution < -0.4 is 5.32 Å². The van der Waals surface area contributed by atoms with Gasteiger partial charge in [-0.05, 0) is 29.8 Å². The molecule has 3 aromatic rings. The summed E-state index contributed by atoms with van der Waals surface area (Å²) >= 11 is 12.1. The van der Waals surface area contributed by atoms with Crippen molar-refractivity contribution in [3.8, 4) is 11.5 Å². The third kappa shape index (κ3) is 3.82. The molecule has 7 heteroatoms. The van der Waals surface area contributed by atoms with Crippen LogP contribution in [0.15, 0.2) is 59.0 Å². The zero-order chi connectivity index (χ0) is 16.9. The number of nitrogens with one attached hydrogen (secondary N) is 1. The van der Waals surface area contributed by atoms with Gasteiger partial charge in [0.2, 0.25) is 0 Å². The van der Waals surface area contributed by atoms with E-state index in [-0.39, 0.29) is 11.9 Å². The molecule has 0 bridgehead atoms. The minimum atomic E-state index is -0.413. The number of benzene rings is 2. The van der Waals surface area contributed by atoms with Crippen LogP contribution >= 0.6 is 23.2 Å². The fourth-order valence-corrected chi connectivity index (χ4v) is 2.36. The molecule has 0 saturated carbocycles. The summed E-state index contributed by atoms with van der Waals surface area (Å²) in [5, 5.41) is 11.2. The Hall–Kier alpha value is -2.63. The van der Waals surface area contributed by atoms with E-state index in [1.807, 2.05) is 12.1 Å². The molecule has 120 valence electrons. The van der Waals surface area contributed by atoms with Gasteiger partial charge < -0.3 is 4.42 Å². The van der Waals surface area contributed by atoms with Crippen molar-refractivity contribution in [2.45, 2.75) is 0 Å². The number of carbonyl (C=O) groups is 1. The summed E-state index contributed by atoms with van der Waals surface area (Å²) < 4.78 is 5.40. The van der Waals surface area contributed by atoms with Gasteiger partial charge in [0.25, 0.3) is 11.8 Å². The number of aromatic nitrogens is 2. The van der Waals surface area contributed by atoms with Gasteiger partial charge in [-0.25, -0.2) is 0 Å². The predicted molar refractivity (Wildman–Crippen MR) is 93.9 cm³/mol. The van der Waals surface area contributed by atoms with Crippen molar-refractivity contribution in [2.75, 3.05) is 5.32 Å². The summed E-state index contributed by atoms with van der Waals surface area (Å²) in [6.45, 7) is 0. The van der Waals surface area contributed by atoms with Crippen LogP contribution in [0, 0.1) is 0 Å². The molecular weight excluding hydrogens is 349 g/mol. The maximum atomic E-state index is 11.9. The number of amides is 1. The van der Waals surface area contributed by atoms with Crippen LogP contribution in [0.5, 0.6) is 0 Å². The number of hydrogen-bond donors (Lipinski definition) is 1. The third-order valence-electron chi connectivity index (χ3n) is 3.08. The highest BCUT2D eigenvalue weighted by Crippen LogP contribution is 2.27. The van der Waals surface area contributed by atoms with Crippen molar-refractivity contribution in [2.24, 2.45) is 0 Å². The van der Waals surface area contributed by atoms with Crippen LogP contribution in [0.25, 0.3) is 17.5 Å². The summed E-state index contributed by atoms with van der Waals surface area (Å²) in [4.78, 5) is 11.9. The molecule has 1 aromatic heterocycles. The van der Waals surface area contributed by atoms with Gasteiger partial charge in [-0.1, -0.05) is 58.6 Å². The summed E-state index contributed by atoms with van der Waals surface area (Å²) in [5.41, 5.74) is 1.33. The molecule has 0 unspecified atom stereocenters. The fourth-order valence-electron chi connectivity index (χ4n) is 1.94. The van der Waals surface area contributed by atoms with Gasteiger partial charge in [0.05, 0.1) is 10.6 Å². The minimum absolute atomic E-state index is 0.0151. The minimum Gasteiger partial charge on any atom is -0.403 e. The lowest BCUT2D eigenvalue weighted by molar-refractivity contribution is -0.112. The molecule has 2 aromatic carbocycles. The van der Waals surface area contributed by atoms with E-state index in [1.165, 1.54) is 6.08 Å². The largest absolute Gasteiger partial charge is 0.403 e. The number of nitrogens with zero attached hydrogens (tertiary/aromatic N) is 2. The molecule has 0 saturated heterocycles. The second-order valence-corrected chi connectivity index (χ2v) is 5.55. The van der Waals surface area contributed by atoms with Gasteiger partial charge in [0.15, 0.2) is 0 Å². The molecule has 0 atom stereocenters. The fraction of sp³-hybridized carbons (Fsp3) is 0. The van der Waals surface area contributed by atoms with Crippen molar-refractivity contribution >= 4 is 41.2 Å². The van der Waals surface area contributed by atoms with Gasteiger partial charge >= 0.3 is 6.01 Å². The lowest BCUT2D eigenvalue weighted by atomic mass is 10.2. The molecule has 0 aliphatic rings. The second kappa shape index (κ2) is 7.29. The van der Waals surface area contributed by atoms with Gasteiger partial charge in [-0.2, -0.15) is 0 Å². The Bertz CT molecular complexity index is 906. The van der Waals surface area contributed by atoms with Crippen molar-refractivity contribution in [3.63, 3.8) is 0 Å². The van der Waals surface area contributed by atoms with Crippen LogP contribution in [0.4, 0.5) is 6.01 Å². The normalized spacial score (nSPS) is 10.9. The van der Waals surface area contributed by atoms with Crippen LogP contribution in [-0.4, -0.2) is 16.1 Å². The number of anilines is 1. The molecule has 0 fully saturated rings. The Morgan fingerprint density at radius 3 is 2.46 bits per heavy atom. The average molecular weight is 360 g/mol. The smallest absolute Gasteiger partial charge is 0.322 e. The molecule has 1 N–H and O–H groups in total. The lowest BCUT2D eigenvalue weighted by Gasteiger charge is -1.98. The Morgan fingerprint density at radius 2 is 1.71 bits per heavy atom. The third-order valence-corrected chi connectivity index (χ3v) is 3.75. The highest BCUT2D eigenvalue weighted by atomic mass is 35.5. The van der Waals surface area contributed by atoms with Crippen molar-refractivity contribution in [3.05, 3.63) is 70.2 Å². The van der Waals surface area contributed by atoms with E-state index in [0.29, 0.717) is 15.6 Å². The van der Waals surface area contributed by atoms with Crippen molar-refractivity contribution in [1.29, 1.82) is 0 Å². The van der Waals surface area contributed by atoms with Crippen LogP contribution in [0.1, 0.15) is 5.56 Å². The Kier molecular flexibility index (Phi) is 4.93. The molecule has 3 rings (SSSR count). The first-order chi connectivity index (χ1) is 11.6. The SMILES string of the molecule is O=C(/C=C/c1ccccc1Cl)Nc1nnc(-c2ccccc2Cl)o1. The van der Waals surface area contributed by atoms with Crippen LogP contribution in [-0.2, 0) is 4.79 Å². The zero-order valence-corrected chi connectivity index (χ0v) is 13.8. The molecule has 1 heterocycles. The van der Waals surface area contributed by atoms with Gasteiger partial charge in [0, 0.05) is 11.1 Å². The monoisotopic (exact) mass is 359 g/mol. The molecular formula is C17H11Cl2N3O2. The van der Waals surface area contributed by atoms with Crippen molar-refractivity contribution < 1.29 is 9.21 Å². The van der Waals surface area contributed by atoms with E-state index >= 15 is 0 Å². The van der Waals surface area contributed by atoms with E-state index in [9.17, 15) is 4.79 Å². The quantitative estimate of drug-likeness (QED) is 0.685. The van der Waals surface area contributed by atoms with E-state index < -0.39 is 5.91 Å². The highest BCUT2D eigenvalue weighted by molar-refractivity contribution is 6.33. The highest BCUT2D eigenvalue weighted by Gasteiger charge is 2.12. The topological polar surface area (TPSA) is 68.0 Å². The Balaban J connectivity index is 1.70. The molecule has 0 aliphatic carbocycles. The van der Waals surface area contributed by atoms with E-state index in [2.05, 4.69) is 15.5 Å². The van der Waals surface area contributed by atoms with Gasteiger partial charge in [-0.15, -0.1) is 5.10 Å². The van der Waals surface area contributed by atoms with Gasteiger partial charge in [-0.3, -0.25) is 10.1 Å². The van der Waals surface area contributed by atoms with Crippen LogP contribution in [0.3, 0.4) is 0 Å². The van der Waals surface area contributed by atoms with E-state index in [1.54, 1.807) is 42.5 Å². The average Bonchev–Trinajstić information content (AvgIpc) is 3.03. The number of carbonyl (C=O) groups excluding carboxylic acids is 1. The van der Waals surface area contributed by atoms with E-state index in [4.69, 9.17) is 27.6 Å². The molecule has 1 amide bonds. The molecule has 5 nitrogen and oxygen atoms in total. The number of rotatable bonds is 4. The number of hydrogen-bond acceptors (Lipinski definition) is 4. The first kappa shape index (κ1) is 16.2. The summed E-state index contributed by atoms with van der Waals surface area (Å²) in [5.74, 6) is -0.185. The first-order valence-electron chi connectivity index (χ1n) is 6.95. The Morgan fingerprint density at radius 1 is 1.00 bits per heavy atom. The van der Waals surface area contributed by atoms with Crippen molar-refractivity contribution in [1.82, 2.24) is 10.2 Å². The molecule has 24 heavy (non-hydrogen) atoms. The molecule has 0 aliphatic heterocycles. The number of halogens is 2. The van der Waals surface area contributed by atoms with Gasteiger partial charge in [0.1, 0.15) is 0 Å². The maximum absolute atomic E-state index is 11.9. The molecule has 0 spiro atoms. The predicted octanol–water partition coefficient (Wildman–Crippen LogP) is 4.70. The van der Waals surface area contributed by atoms with Crippen LogP contribution in [0.2, 0.25) is 10.0 Å². The zero-order valence-electron chi connectivity index (χ0n) is 12.2. The molecule has 0 radical (unpaired) electrons. The maximum Gasteiger partial charge on any atom is 0.322 e. The second-order valence-electron chi connectivity index (χ2n) is 4.74.